The number of nitrogens with one attached hydrogen (secondary N) is 1. The van der Waals surface area contributed by atoms with Gasteiger partial charge in [0.25, 0.3) is 0 Å². The van der Waals surface area contributed by atoms with Gasteiger partial charge in [0, 0.05) is 37.4 Å². The first-order valence-electron chi connectivity index (χ1n) is 8.39. The van der Waals surface area contributed by atoms with E-state index >= 15 is 0 Å². The van der Waals surface area contributed by atoms with Crippen LogP contribution in [0.4, 0.5) is 10.5 Å². The van der Waals surface area contributed by atoms with Crippen LogP contribution >= 0.6 is 22.9 Å². The van der Waals surface area contributed by atoms with Gasteiger partial charge in [0.15, 0.2) is 5.01 Å². The Morgan fingerprint density at radius 2 is 2.15 bits per heavy atom. The molecule has 7 nitrogen and oxygen atoms in total. The van der Waals surface area contributed by atoms with Crippen molar-refractivity contribution in [1.29, 1.82) is 0 Å². The second-order valence-corrected chi connectivity index (χ2v) is 8.83. The van der Waals surface area contributed by atoms with Crippen LogP contribution in [0.2, 0.25) is 5.15 Å². The molecule has 0 bridgehead atoms. The van der Waals surface area contributed by atoms with Crippen molar-refractivity contribution in [3.63, 3.8) is 0 Å². The minimum Gasteiger partial charge on any atom is -0.465 e. The van der Waals surface area contributed by atoms with Gasteiger partial charge < -0.3 is 15.3 Å². The molecule has 2 atom stereocenters. The molecule has 2 aromatic rings. The molecule has 9 heteroatoms. The van der Waals surface area contributed by atoms with E-state index in [2.05, 4.69) is 41.3 Å². The van der Waals surface area contributed by atoms with E-state index in [4.69, 9.17) is 11.6 Å². The predicted molar refractivity (Wildman–Crippen MR) is 103 cm³/mol. The van der Waals surface area contributed by atoms with Crippen LogP contribution in [-0.4, -0.2) is 50.9 Å². The summed E-state index contributed by atoms with van der Waals surface area (Å²) < 4.78 is 0. The number of hydrogen-bond acceptors (Lipinski definition) is 6. The fourth-order valence-electron chi connectivity index (χ4n) is 3.64. The molecule has 0 aliphatic carbocycles. The van der Waals surface area contributed by atoms with Crippen LogP contribution in [0.1, 0.15) is 38.1 Å². The molecule has 3 heterocycles. The Labute approximate surface area is 161 Å². The number of nitrogens with zero attached hydrogens (tertiary/aromatic N) is 4. The highest BCUT2D eigenvalue weighted by Gasteiger charge is 2.46. The summed E-state index contributed by atoms with van der Waals surface area (Å²) in [5, 5.41) is 23.4. The van der Waals surface area contributed by atoms with E-state index in [-0.39, 0.29) is 17.4 Å². The molecule has 1 saturated heterocycles. The van der Waals surface area contributed by atoms with Gasteiger partial charge in [-0.25, -0.2) is 9.78 Å². The van der Waals surface area contributed by atoms with E-state index in [1.807, 2.05) is 7.05 Å². The molecule has 1 fully saturated rings. The Hall–Kier alpha value is -1.93. The first-order valence-corrected chi connectivity index (χ1v) is 9.58. The molecule has 140 valence electrons. The normalized spacial score (nSPS) is 20.4. The molecule has 3 rings (SSSR count). The zero-order valence-electron chi connectivity index (χ0n) is 15.2. The first kappa shape index (κ1) is 18.8. The third-order valence-electron chi connectivity index (χ3n) is 4.66. The Morgan fingerprint density at radius 3 is 2.77 bits per heavy atom. The van der Waals surface area contributed by atoms with E-state index in [0.29, 0.717) is 11.7 Å². The molecular weight excluding hydrogens is 374 g/mol. The number of hydrogen-bond donors (Lipinski definition) is 2. The number of carbonyl (C=O) groups is 1. The summed E-state index contributed by atoms with van der Waals surface area (Å²) in [4.78, 5) is 17.3. The van der Waals surface area contributed by atoms with E-state index < -0.39 is 6.09 Å². The predicted octanol–water partition coefficient (Wildman–Crippen LogP) is 4.18. The maximum absolute atomic E-state index is 11.6. The molecule has 0 spiro atoms. The van der Waals surface area contributed by atoms with Crippen molar-refractivity contribution in [2.24, 2.45) is 5.41 Å². The summed E-state index contributed by atoms with van der Waals surface area (Å²) in [5.41, 5.74) is 1.48. The quantitative estimate of drug-likeness (QED) is 0.757. The van der Waals surface area contributed by atoms with Crippen molar-refractivity contribution in [1.82, 2.24) is 20.1 Å². The van der Waals surface area contributed by atoms with Gasteiger partial charge in [-0.3, -0.25) is 0 Å². The zero-order chi connectivity index (χ0) is 19.1. The van der Waals surface area contributed by atoms with Crippen LogP contribution in [0, 0.1) is 5.41 Å². The summed E-state index contributed by atoms with van der Waals surface area (Å²) in [6.45, 7) is 6.71. The fraction of sp³-hybridized carbons (Fsp3) is 0.529. The lowest BCUT2D eigenvalue weighted by Crippen LogP contribution is -2.44. The van der Waals surface area contributed by atoms with Gasteiger partial charge in [-0.2, -0.15) is 0 Å². The van der Waals surface area contributed by atoms with E-state index in [1.165, 1.54) is 16.2 Å². The molecule has 0 aromatic carbocycles. The summed E-state index contributed by atoms with van der Waals surface area (Å²) in [6.07, 6.45) is 1.55. The van der Waals surface area contributed by atoms with E-state index in [9.17, 15) is 9.90 Å². The molecule has 1 aliphatic heterocycles. The van der Waals surface area contributed by atoms with Crippen LogP contribution in [-0.2, 0) is 0 Å². The highest BCUT2D eigenvalue weighted by Crippen LogP contribution is 2.44. The Kier molecular flexibility index (Phi) is 5.07. The first-order chi connectivity index (χ1) is 12.2. The summed E-state index contributed by atoms with van der Waals surface area (Å²) in [6, 6.07) is 1.62. The van der Waals surface area contributed by atoms with Crippen molar-refractivity contribution in [2.45, 2.75) is 39.2 Å². The van der Waals surface area contributed by atoms with Crippen molar-refractivity contribution < 1.29 is 9.90 Å². The standard InChI is InChI=1S/C17H22ClN5O2S/c1-17(2,3)13-9(5-6-23(13)16(24)25)14-21-22-15(26-14)10-8-20-12(18)7-11(10)19-4/h7-9,13H,5-6H2,1-4H3,(H,19,20)(H,24,25). The molecular formula is C17H22ClN5O2S. The van der Waals surface area contributed by atoms with Crippen molar-refractivity contribution in [2.75, 3.05) is 18.9 Å². The van der Waals surface area contributed by atoms with Gasteiger partial charge in [-0.1, -0.05) is 43.7 Å². The molecule has 2 unspecified atom stereocenters. The van der Waals surface area contributed by atoms with Gasteiger partial charge in [0.2, 0.25) is 0 Å². The lowest BCUT2D eigenvalue weighted by molar-refractivity contribution is 0.101. The number of aromatic nitrogens is 3. The Balaban J connectivity index is 1.96. The van der Waals surface area contributed by atoms with Crippen molar-refractivity contribution in [3.8, 4) is 10.6 Å². The molecule has 0 radical (unpaired) electrons. The van der Waals surface area contributed by atoms with Gasteiger partial charge in [0.05, 0.1) is 5.56 Å². The summed E-state index contributed by atoms with van der Waals surface area (Å²) in [7, 11) is 1.81. The zero-order valence-corrected chi connectivity index (χ0v) is 16.7. The highest BCUT2D eigenvalue weighted by atomic mass is 35.5. The smallest absolute Gasteiger partial charge is 0.407 e. The Bertz CT molecular complexity index is 820. The maximum Gasteiger partial charge on any atom is 0.407 e. The number of likely N-dealkylation sites (tertiary alicyclic amines) is 1. The number of amides is 1. The second-order valence-electron chi connectivity index (χ2n) is 7.43. The minimum atomic E-state index is -0.878. The van der Waals surface area contributed by atoms with E-state index in [0.717, 1.165) is 27.7 Å². The van der Waals surface area contributed by atoms with Gasteiger partial charge in [-0.15, -0.1) is 10.2 Å². The number of carboxylic acid groups (broad SMARTS) is 1. The van der Waals surface area contributed by atoms with Crippen LogP contribution in [0.5, 0.6) is 0 Å². The molecule has 1 aliphatic rings. The summed E-state index contributed by atoms with van der Waals surface area (Å²) >= 11 is 7.45. The van der Waals surface area contributed by atoms with Crippen molar-refractivity contribution in [3.05, 3.63) is 22.4 Å². The lowest BCUT2D eigenvalue weighted by Gasteiger charge is -2.36. The van der Waals surface area contributed by atoms with Crippen LogP contribution < -0.4 is 5.32 Å². The van der Waals surface area contributed by atoms with Crippen molar-refractivity contribution >= 4 is 34.7 Å². The average Bonchev–Trinajstić information content (AvgIpc) is 3.20. The lowest BCUT2D eigenvalue weighted by atomic mass is 9.79. The number of anilines is 1. The number of halogens is 1. The molecule has 2 aromatic heterocycles. The van der Waals surface area contributed by atoms with Gasteiger partial charge in [0.1, 0.15) is 10.2 Å². The third kappa shape index (κ3) is 3.48. The van der Waals surface area contributed by atoms with Crippen LogP contribution in [0.25, 0.3) is 10.6 Å². The molecule has 1 amide bonds. The van der Waals surface area contributed by atoms with Gasteiger partial charge in [-0.05, 0) is 17.9 Å². The number of pyridine rings is 1. The topological polar surface area (TPSA) is 91.2 Å². The highest BCUT2D eigenvalue weighted by molar-refractivity contribution is 7.14. The third-order valence-corrected chi connectivity index (χ3v) is 5.95. The summed E-state index contributed by atoms with van der Waals surface area (Å²) in [5.74, 6) is 0.0376. The average molecular weight is 396 g/mol. The van der Waals surface area contributed by atoms with Crippen LogP contribution in [0.3, 0.4) is 0 Å². The van der Waals surface area contributed by atoms with Gasteiger partial charge >= 0.3 is 6.09 Å². The van der Waals surface area contributed by atoms with Crippen LogP contribution in [0.15, 0.2) is 12.3 Å². The van der Waals surface area contributed by atoms with E-state index in [1.54, 1.807) is 12.3 Å². The molecule has 2 N–H and O–H groups in total. The molecule has 0 saturated carbocycles. The monoisotopic (exact) mass is 395 g/mol. The molecule has 26 heavy (non-hydrogen) atoms. The fourth-order valence-corrected chi connectivity index (χ4v) is 4.83. The largest absolute Gasteiger partial charge is 0.465 e. The minimum absolute atomic E-state index is 0.0376. The maximum atomic E-state index is 11.6. The SMILES string of the molecule is CNc1cc(Cl)ncc1-c1nnc(C2CCN(C(=O)O)C2C(C)(C)C)s1. The second kappa shape index (κ2) is 7.00. The number of rotatable bonds is 3. The Morgan fingerprint density at radius 1 is 1.42 bits per heavy atom.